The Morgan fingerprint density at radius 1 is 1.26 bits per heavy atom. The van der Waals surface area contributed by atoms with Crippen molar-refractivity contribution in [3.05, 3.63) is 68.4 Å². The maximum Gasteiger partial charge on any atom is 0.262 e. The minimum Gasteiger partial charge on any atom is -0.376 e. The number of amides is 1. The summed E-state index contributed by atoms with van der Waals surface area (Å²) < 4.78 is 7.32. The normalized spacial score (nSPS) is 16.0. The van der Waals surface area contributed by atoms with Gasteiger partial charge < -0.3 is 10.1 Å². The summed E-state index contributed by atoms with van der Waals surface area (Å²) in [5.41, 5.74) is 1.20. The average molecular weight is 478 g/mol. The predicted molar refractivity (Wildman–Crippen MR) is 124 cm³/mol. The highest BCUT2D eigenvalue weighted by atomic mass is 35.5. The number of rotatable bonds is 7. The molecule has 0 spiro atoms. The first-order chi connectivity index (χ1) is 15.0. The van der Waals surface area contributed by atoms with Gasteiger partial charge in [0.25, 0.3) is 5.56 Å². The van der Waals surface area contributed by atoms with Crippen molar-refractivity contribution in [1.29, 1.82) is 0 Å². The number of benzene rings is 2. The van der Waals surface area contributed by atoms with E-state index < -0.39 is 0 Å². The Labute approximate surface area is 193 Å². The van der Waals surface area contributed by atoms with Crippen LogP contribution in [0.15, 0.2) is 52.4 Å². The number of aromatic nitrogens is 2. The van der Waals surface area contributed by atoms with Crippen molar-refractivity contribution in [1.82, 2.24) is 14.9 Å². The number of nitrogens with zero attached hydrogens (tertiary/aromatic N) is 2. The Morgan fingerprint density at radius 2 is 2.10 bits per heavy atom. The minimum atomic E-state index is -0.172. The first-order valence-corrected chi connectivity index (χ1v) is 11.7. The monoisotopic (exact) mass is 477 g/mol. The molecule has 162 valence electrons. The second-order valence-electron chi connectivity index (χ2n) is 7.26. The van der Waals surface area contributed by atoms with Gasteiger partial charge in [-0.3, -0.25) is 14.2 Å². The number of carbonyl (C=O) groups is 1. The van der Waals surface area contributed by atoms with E-state index in [1.807, 2.05) is 18.2 Å². The Bertz CT molecular complexity index is 1160. The summed E-state index contributed by atoms with van der Waals surface area (Å²) in [6.45, 7) is 1.44. The van der Waals surface area contributed by atoms with Crippen molar-refractivity contribution < 1.29 is 9.53 Å². The van der Waals surface area contributed by atoms with Crippen LogP contribution >= 0.6 is 35.0 Å². The Kier molecular flexibility index (Phi) is 7.17. The second kappa shape index (κ2) is 10.0. The third-order valence-corrected chi connectivity index (χ3v) is 6.64. The lowest BCUT2D eigenvalue weighted by Crippen LogP contribution is -2.30. The minimum absolute atomic E-state index is 0.0300. The fourth-order valence-corrected chi connectivity index (χ4v) is 4.66. The smallest absolute Gasteiger partial charge is 0.262 e. The summed E-state index contributed by atoms with van der Waals surface area (Å²) in [5.74, 6) is -0.0527. The lowest BCUT2D eigenvalue weighted by Gasteiger charge is -2.16. The van der Waals surface area contributed by atoms with Crippen LogP contribution < -0.4 is 10.9 Å². The van der Waals surface area contributed by atoms with Gasteiger partial charge >= 0.3 is 0 Å². The molecule has 0 radical (unpaired) electrons. The van der Waals surface area contributed by atoms with E-state index in [1.54, 1.807) is 28.8 Å². The number of hydrogen-bond acceptors (Lipinski definition) is 5. The van der Waals surface area contributed by atoms with E-state index in [2.05, 4.69) is 10.3 Å². The van der Waals surface area contributed by atoms with Crippen molar-refractivity contribution in [2.75, 3.05) is 12.4 Å². The summed E-state index contributed by atoms with van der Waals surface area (Å²) in [6, 6.07) is 12.4. The Balaban J connectivity index is 1.52. The van der Waals surface area contributed by atoms with Gasteiger partial charge in [0.2, 0.25) is 5.91 Å². The van der Waals surface area contributed by atoms with Gasteiger partial charge in [-0.1, -0.05) is 53.2 Å². The molecule has 1 aliphatic rings. The van der Waals surface area contributed by atoms with Gasteiger partial charge in [-0.15, -0.1) is 0 Å². The average Bonchev–Trinajstić information content (AvgIpc) is 3.27. The lowest BCUT2D eigenvalue weighted by molar-refractivity contribution is -0.118. The molecule has 0 aliphatic carbocycles. The van der Waals surface area contributed by atoms with Gasteiger partial charge in [-0.2, -0.15) is 0 Å². The fourth-order valence-electron chi connectivity index (χ4n) is 3.45. The first-order valence-electron chi connectivity index (χ1n) is 9.96. The largest absolute Gasteiger partial charge is 0.376 e. The third-order valence-electron chi connectivity index (χ3n) is 5.06. The zero-order valence-corrected chi connectivity index (χ0v) is 19.0. The van der Waals surface area contributed by atoms with Crippen molar-refractivity contribution in [3.8, 4) is 0 Å². The van der Waals surface area contributed by atoms with Crippen LogP contribution in [0, 0.1) is 0 Å². The molecular weight excluding hydrogens is 457 g/mol. The number of ether oxygens (including phenoxy) is 1. The van der Waals surface area contributed by atoms with Crippen molar-refractivity contribution in [2.24, 2.45) is 0 Å². The molecule has 1 fully saturated rings. The molecule has 1 unspecified atom stereocenters. The van der Waals surface area contributed by atoms with Crippen molar-refractivity contribution in [3.63, 3.8) is 0 Å². The van der Waals surface area contributed by atoms with Crippen LogP contribution in [0.3, 0.4) is 0 Å². The number of hydrogen-bond donors (Lipinski definition) is 1. The van der Waals surface area contributed by atoms with E-state index >= 15 is 0 Å². The highest BCUT2D eigenvalue weighted by Crippen LogP contribution is 2.23. The zero-order valence-electron chi connectivity index (χ0n) is 16.6. The zero-order chi connectivity index (χ0) is 21.8. The molecule has 3 aromatic rings. The second-order valence-corrected chi connectivity index (χ2v) is 9.05. The summed E-state index contributed by atoms with van der Waals surface area (Å²) >= 11 is 13.5. The quantitative estimate of drug-likeness (QED) is 0.405. The first kappa shape index (κ1) is 22.1. The summed E-state index contributed by atoms with van der Waals surface area (Å²) in [4.78, 5) is 30.2. The summed E-state index contributed by atoms with van der Waals surface area (Å²) in [7, 11) is 0. The molecule has 9 heteroatoms. The number of carbonyl (C=O) groups excluding carboxylic acids is 1. The molecule has 0 bridgehead atoms. The van der Waals surface area contributed by atoms with Crippen LogP contribution in [0.4, 0.5) is 0 Å². The lowest BCUT2D eigenvalue weighted by atomic mass is 10.2. The maximum atomic E-state index is 13.1. The molecule has 1 saturated heterocycles. The highest BCUT2D eigenvalue weighted by Gasteiger charge is 2.21. The maximum absolute atomic E-state index is 13.1. The molecular formula is C22H21Cl2N3O3S. The molecule has 2 heterocycles. The van der Waals surface area contributed by atoms with E-state index in [0.717, 1.165) is 18.4 Å². The molecule has 1 aromatic heterocycles. The van der Waals surface area contributed by atoms with Crippen LogP contribution in [0.25, 0.3) is 10.9 Å². The van der Waals surface area contributed by atoms with Gasteiger partial charge in [0.1, 0.15) is 0 Å². The van der Waals surface area contributed by atoms with E-state index in [0.29, 0.717) is 45.8 Å². The van der Waals surface area contributed by atoms with Gasteiger partial charge in [0.15, 0.2) is 5.16 Å². The highest BCUT2D eigenvalue weighted by molar-refractivity contribution is 7.99. The van der Waals surface area contributed by atoms with Gasteiger partial charge in [0, 0.05) is 23.2 Å². The summed E-state index contributed by atoms with van der Waals surface area (Å²) in [5, 5.41) is 4.94. The Morgan fingerprint density at radius 3 is 2.87 bits per heavy atom. The predicted octanol–water partition coefficient (Wildman–Crippen LogP) is 4.29. The van der Waals surface area contributed by atoms with E-state index in [1.165, 1.54) is 11.8 Å². The Hall–Kier alpha value is -2.06. The van der Waals surface area contributed by atoms with Crippen LogP contribution in [0.2, 0.25) is 10.0 Å². The number of halogens is 2. The molecule has 4 rings (SSSR count). The van der Waals surface area contributed by atoms with Gasteiger partial charge in [-0.05, 0) is 42.7 Å². The third kappa shape index (κ3) is 5.41. The van der Waals surface area contributed by atoms with E-state index in [4.69, 9.17) is 27.9 Å². The molecule has 2 aromatic carbocycles. The van der Waals surface area contributed by atoms with Gasteiger partial charge in [0.05, 0.1) is 29.3 Å². The molecule has 31 heavy (non-hydrogen) atoms. The van der Waals surface area contributed by atoms with Crippen LogP contribution in [0.5, 0.6) is 0 Å². The van der Waals surface area contributed by atoms with Crippen LogP contribution in [-0.4, -0.2) is 33.9 Å². The molecule has 1 atom stereocenters. The number of fused-ring (bicyclic) bond motifs is 1. The summed E-state index contributed by atoms with van der Waals surface area (Å²) in [6.07, 6.45) is 1.84. The van der Waals surface area contributed by atoms with Crippen LogP contribution in [0.1, 0.15) is 18.4 Å². The molecule has 0 saturated carbocycles. The number of nitrogens with one attached hydrogen (secondary N) is 1. The van der Waals surface area contributed by atoms with Gasteiger partial charge in [-0.25, -0.2) is 4.98 Å². The topological polar surface area (TPSA) is 73.2 Å². The SMILES string of the molecule is O=C(CSc1nc2cc(Cl)ccc2c(=O)n1CC1CCCO1)NCc1ccccc1Cl. The fraction of sp³-hybridized carbons (Fsp3) is 0.318. The van der Waals surface area contributed by atoms with Crippen molar-refractivity contribution in [2.45, 2.75) is 37.2 Å². The standard InChI is InChI=1S/C22H21Cl2N3O3S/c23-15-7-8-17-19(10-15)26-22(27(21(17)29)12-16-5-3-9-30-16)31-13-20(28)25-11-14-4-1-2-6-18(14)24/h1-2,4,6-8,10,16H,3,5,9,11-13H2,(H,25,28). The molecule has 1 amide bonds. The molecule has 1 aliphatic heterocycles. The molecule has 1 N–H and O–H groups in total. The van der Waals surface area contributed by atoms with Crippen molar-refractivity contribution >= 4 is 51.8 Å². The molecule has 6 nitrogen and oxygen atoms in total. The van der Waals surface area contributed by atoms with E-state index in [9.17, 15) is 9.59 Å². The van der Waals surface area contributed by atoms with E-state index in [-0.39, 0.29) is 23.3 Å². The van der Waals surface area contributed by atoms with Crippen LogP contribution in [-0.2, 0) is 22.6 Å². The number of thioether (sulfide) groups is 1.